The molecule has 0 atom stereocenters. The normalized spacial score (nSPS) is 10.7. The number of fused-ring (bicyclic) bond motifs is 1. The molecule has 5 rings (SSSR count). The van der Waals surface area contributed by atoms with Crippen molar-refractivity contribution in [1.29, 1.82) is 0 Å². The average molecular weight is 598 g/mol. The summed E-state index contributed by atoms with van der Waals surface area (Å²) in [6, 6.07) is 20.8. The Morgan fingerprint density at radius 3 is 1.95 bits per heavy atom. The van der Waals surface area contributed by atoms with Crippen LogP contribution in [-0.4, -0.2) is 64.7 Å². The standard InChI is InChI=1S/C31H31N7O6/c1-42-24-11-7-22(8-12-24)17-33-28(39)19-37(30-35-26-5-3-4-6-27(26)44-30)38(31(41)36-16-15-32-21-36)20-29(40)34-18-23-9-13-25(43-2)14-10-23/h3-16,21H,17-20H2,1-2H3,(H,33,39)(H,34,40). The van der Waals surface area contributed by atoms with E-state index in [1.807, 2.05) is 24.3 Å². The average Bonchev–Trinajstić information content (AvgIpc) is 3.75. The number of hydrogen-bond acceptors (Lipinski definition) is 9. The summed E-state index contributed by atoms with van der Waals surface area (Å²) >= 11 is 0. The van der Waals surface area contributed by atoms with Gasteiger partial charge in [-0.15, -0.1) is 0 Å². The van der Waals surface area contributed by atoms with Crippen molar-refractivity contribution in [2.75, 3.05) is 32.3 Å². The van der Waals surface area contributed by atoms with Crippen LogP contribution >= 0.6 is 0 Å². The molecule has 226 valence electrons. The molecule has 0 radical (unpaired) electrons. The van der Waals surface area contributed by atoms with Crippen molar-refractivity contribution in [2.45, 2.75) is 13.1 Å². The molecule has 0 fully saturated rings. The number of oxazole rings is 1. The minimum absolute atomic E-state index is 0.0396. The van der Waals surface area contributed by atoms with Crippen molar-refractivity contribution >= 4 is 35.0 Å². The number of para-hydroxylation sites is 2. The van der Waals surface area contributed by atoms with Crippen LogP contribution in [0, 0.1) is 0 Å². The number of benzene rings is 3. The lowest BCUT2D eigenvalue weighted by atomic mass is 10.2. The van der Waals surface area contributed by atoms with Gasteiger partial charge in [0.2, 0.25) is 11.8 Å². The van der Waals surface area contributed by atoms with Crippen LogP contribution in [0.15, 0.2) is 95.9 Å². The number of rotatable bonds is 12. The largest absolute Gasteiger partial charge is 0.497 e. The Labute approximate surface area is 253 Å². The molecule has 13 nitrogen and oxygen atoms in total. The molecule has 2 N–H and O–H groups in total. The predicted octanol–water partition coefficient (Wildman–Crippen LogP) is 3.37. The van der Waals surface area contributed by atoms with Gasteiger partial charge in [0, 0.05) is 25.5 Å². The van der Waals surface area contributed by atoms with E-state index in [0.29, 0.717) is 22.6 Å². The number of hydrazine groups is 1. The first-order chi connectivity index (χ1) is 21.4. The predicted molar refractivity (Wildman–Crippen MR) is 161 cm³/mol. The van der Waals surface area contributed by atoms with Crippen molar-refractivity contribution in [3.05, 3.63) is 103 Å². The van der Waals surface area contributed by atoms with Crippen LogP contribution in [0.1, 0.15) is 11.1 Å². The first-order valence-corrected chi connectivity index (χ1v) is 13.7. The number of imidazole rings is 1. The molecular formula is C31H31N7O6. The fourth-order valence-electron chi connectivity index (χ4n) is 4.26. The molecule has 0 saturated heterocycles. The fraction of sp³-hybridized carbons (Fsp3) is 0.194. The first kappa shape index (κ1) is 29.6. The third-order valence-electron chi connectivity index (χ3n) is 6.63. The monoisotopic (exact) mass is 597 g/mol. The van der Waals surface area contributed by atoms with Gasteiger partial charge in [0.25, 0.3) is 0 Å². The lowest BCUT2D eigenvalue weighted by Crippen LogP contribution is -2.55. The molecule has 44 heavy (non-hydrogen) atoms. The van der Waals surface area contributed by atoms with Crippen LogP contribution in [0.3, 0.4) is 0 Å². The Hall–Kier alpha value is -5.85. The number of methoxy groups -OCH3 is 2. The summed E-state index contributed by atoms with van der Waals surface area (Å²) in [5, 5.41) is 8.02. The lowest BCUT2D eigenvalue weighted by Gasteiger charge is -2.32. The van der Waals surface area contributed by atoms with E-state index in [2.05, 4.69) is 20.6 Å². The zero-order valence-corrected chi connectivity index (χ0v) is 24.2. The summed E-state index contributed by atoms with van der Waals surface area (Å²) in [6.45, 7) is -0.393. The molecule has 0 aliphatic rings. The summed E-state index contributed by atoms with van der Waals surface area (Å²) < 4.78 is 17.5. The molecule has 0 aliphatic carbocycles. The van der Waals surface area contributed by atoms with E-state index in [1.165, 1.54) is 28.3 Å². The van der Waals surface area contributed by atoms with Gasteiger partial charge in [-0.2, -0.15) is 4.98 Å². The third-order valence-corrected chi connectivity index (χ3v) is 6.63. The number of anilines is 1. The molecule has 0 aliphatic heterocycles. The van der Waals surface area contributed by atoms with Crippen molar-refractivity contribution in [3.63, 3.8) is 0 Å². The van der Waals surface area contributed by atoms with Crippen molar-refractivity contribution in [2.24, 2.45) is 0 Å². The van der Waals surface area contributed by atoms with E-state index in [9.17, 15) is 14.4 Å². The Balaban J connectivity index is 1.39. The summed E-state index contributed by atoms with van der Waals surface area (Å²) in [5.41, 5.74) is 2.65. The molecule has 0 unspecified atom stereocenters. The Kier molecular flexibility index (Phi) is 9.35. The quantitative estimate of drug-likeness (QED) is 0.207. The fourth-order valence-corrected chi connectivity index (χ4v) is 4.26. The van der Waals surface area contributed by atoms with Crippen LogP contribution in [0.4, 0.5) is 10.8 Å². The van der Waals surface area contributed by atoms with E-state index >= 15 is 0 Å². The second kappa shape index (κ2) is 13.9. The van der Waals surface area contributed by atoms with Gasteiger partial charge in [-0.25, -0.2) is 19.8 Å². The number of aromatic nitrogens is 3. The van der Waals surface area contributed by atoms with E-state index in [1.54, 1.807) is 62.8 Å². The van der Waals surface area contributed by atoms with E-state index in [4.69, 9.17) is 13.9 Å². The van der Waals surface area contributed by atoms with E-state index < -0.39 is 24.4 Å². The second-order valence-electron chi connectivity index (χ2n) is 9.58. The molecule has 0 saturated carbocycles. The SMILES string of the molecule is COc1ccc(CNC(=O)CN(C(=O)n2ccnc2)N(CC(=O)NCc2ccc(OC)cc2)c2nc3ccccc3o2)cc1. The van der Waals surface area contributed by atoms with Gasteiger partial charge in [0.1, 0.15) is 36.4 Å². The molecule has 2 heterocycles. The lowest BCUT2D eigenvalue weighted by molar-refractivity contribution is -0.123. The number of ether oxygens (including phenoxy) is 2. The maximum atomic E-state index is 13.7. The highest BCUT2D eigenvalue weighted by Gasteiger charge is 2.31. The van der Waals surface area contributed by atoms with Crippen molar-refractivity contribution in [3.8, 4) is 11.5 Å². The Bertz CT molecular complexity index is 1670. The number of hydrogen-bond donors (Lipinski definition) is 2. The molecule has 2 aromatic heterocycles. The highest BCUT2D eigenvalue weighted by atomic mass is 16.5. The van der Waals surface area contributed by atoms with Crippen LogP contribution in [0.2, 0.25) is 0 Å². The van der Waals surface area contributed by atoms with Crippen LogP contribution in [0.5, 0.6) is 11.5 Å². The van der Waals surface area contributed by atoms with Gasteiger partial charge in [0.15, 0.2) is 5.58 Å². The van der Waals surface area contributed by atoms with Gasteiger partial charge in [-0.05, 0) is 47.5 Å². The minimum Gasteiger partial charge on any atom is -0.497 e. The Morgan fingerprint density at radius 1 is 0.818 bits per heavy atom. The maximum absolute atomic E-state index is 13.7. The number of amides is 3. The third kappa shape index (κ3) is 7.31. The van der Waals surface area contributed by atoms with Gasteiger partial charge >= 0.3 is 12.0 Å². The van der Waals surface area contributed by atoms with Gasteiger partial charge in [0.05, 0.1) is 14.2 Å². The van der Waals surface area contributed by atoms with Crippen LogP contribution in [0.25, 0.3) is 11.1 Å². The molecule has 13 heteroatoms. The molecule has 0 bridgehead atoms. The Morgan fingerprint density at radius 2 is 1.41 bits per heavy atom. The summed E-state index contributed by atoms with van der Waals surface area (Å²) in [6.07, 6.45) is 4.18. The smallest absolute Gasteiger partial charge is 0.348 e. The molecule has 5 aromatic rings. The summed E-state index contributed by atoms with van der Waals surface area (Å²) in [7, 11) is 3.15. The topological polar surface area (TPSA) is 144 Å². The second-order valence-corrected chi connectivity index (χ2v) is 9.58. The molecule has 3 amide bonds. The number of carbonyl (C=O) groups excluding carboxylic acids is 3. The van der Waals surface area contributed by atoms with E-state index in [-0.39, 0.29) is 25.6 Å². The highest BCUT2D eigenvalue weighted by Crippen LogP contribution is 2.23. The molecule has 0 spiro atoms. The van der Waals surface area contributed by atoms with E-state index in [0.717, 1.165) is 16.1 Å². The van der Waals surface area contributed by atoms with Crippen LogP contribution in [-0.2, 0) is 22.7 Å². The van der Waals surface area contributed by atoms with Gasteiger partial charge in [-0.1, -0.05) is 36.4 Å². The van der Waals surface area contributed by atoms with Crippen molar-refractivity contribution < 1.29 is 28.3 Å². The molecular weight excluding hydrogens is 566 g/mol. The zero-order valence-electron chi connectivity index (χ0n) is 24.2. The van der Waals surface area contributed by atoms with Gasteiger partial charge < -0.3 is 24.5 Å². The maximum Gasteiger partial charge on any atom is 0.348 e. The summed E-state index contributed by atoms with van der Waals surface area (Å²) in [5.74, 6) is 0.469. The summed E-state index contributed by atoms with van der Waals surface area (Å²) in [4.78, 5) is 48.7. The number of carbonyl (C=O) groups is 3. The zero-order chi connectivity index (χ0) is 30.9. The number of nitrogens with zero attached hydrogens (tertiary/aromatic N) is 5. The first-order valence-electron chi connectivity index (χ1n) is 13.7. The van der Waals surface area contributed by atoms with Crippen LogP contribution < -0.4 is 25.1 Å². The number of nitrogens with one attached hydrogen (secondary N) is 2. The van der Waals surface area contributed by atoms with Gasteiger partial charge in [-0.3, -0.25) is 14.2 Å². The highest BCUT2D eigenvalue weighted by molar-refractivity contribution is 5.88. The van der Waals surface area contributed by atoms with Crippen molar-refractivity contribution in [1.82, 2.24) is 30.2 Å². The molecule has 3 aromatic carbocycles. The minimum atomic E-state index is -0.646.